The van der Waals surface area contributed by atoms with Gasteiger partial charge < -0.3 is 5.11 Å². The standard InChI is InChI=1S/C7H6N4O2/c8-11-9-4-5-2-1-3-6(10-5)7(12)13/h1-3H,4H2,(H,12,13). The maximum atomic E-state index is 10.5. The Hall–Kier alpha value is -2.07. The lowest BCUT2D eigenvalue weighted by Gasteiger charge is -1.96. The van der Waals surface area contributed by atoms with Crippen LogP contribution in [0.3, 0.4) is 0 Å². The van der Waals surface area contributed by atoms with Crippen molar-refractivity contribution in [1.29, 1.82) is 0 Å². The molecule has 1 N–H and O–H groups in total. The molecule has 0 unspecified atom stereocenters. The van der Waals surface area contributed by atoms with Gasteiger partial charge in [0.1, 0.15) is 5.69 Å². The predicted octanol–water partition coefficient (Wildman–Crippen LogP) is 1.59. The van der Waals surface area contributed by atoms with Crippen molar-refractivity contribution >= 4 is 5.97 Å². The van der Waals surface area contributed by atoms with E-state index in [0.717, 1.165) is 0 Å². The molecule has 66 valence electrons. The highest BCUT2D eigenvalue weighted by Gasteiger charge is 2.03. The molecule has 0 aliphatic carbocycles. The van der Waals surface area contributed by atoms with Crippen LogP contribution in [0.15, 0.2) is 23.3 Å². The second kappa shape index (κ2) is 4.08. The van der Waals surface area contributed by atoms with Gasteiger partial charge in [-0.25, -0.2) is 9.78 Å². The van der Waals surface area contributed by atoms with E-state index in [1.54, 1.807) is 12.1 Å². The van der Waals surface area contributed by atoms with Crippen LogP contribution in [0.1, 0.15) is 16.2 Å². The van der Waals surface area contributed by atoms with Crippen LogP contribution in [0.2, 0.25) is 0 Å². The fourth-order valence-electron chi connectivity index (χ4n) is 0.791. The molecular formula is C7H6N4O2. The van der Waals surface area contributed by atoms with Gasteiger partial charge >= 0.3 is 5.97 Å². The van der Waals surface area contributed by atoms with E-state index >= 15 is 0 Å². The van der Waals surface area contributed by atoms with Gasteiger partial charge in [-0.2, -0.15) is 0 Å². The smallest absolute Gasteiger partial charge is 0.354 e. The second-order valence-electron chi connectivity index (χ2n) is 2.21. The third-order valence-corrected chi connectivity index (χ3v) is 1.32. The number of hydrogen-bond donors (Lipinski definition) is 1. The number of aromatic nitrogens is 1. The number of carboxylic acid groups (broad SMARTS) is 1. The predicted molar refractivity (Wildman–Crippen MR) is 44.0 cm³/mol. The monoisotopic (exact) mass is 178 g/mol. The van der Waals surface area contributed by atoms with Gasteiger partial charge in [0.15, 0.2) is 0 Å². The zero-order valence-electron chi connectivity index (χ0n) is 6.58. The van der Waals surface area contributed by atoms with Crippen LogP contribution in [0.25, 0.3) is 10.4 Å². The van der Waals surface area contributed by atoms with Crippen LogP contribution in [0.5, 0.6) is 0 Å². The van der Waals surface area contributed by atoms with Crippen molar-refractivity contribution in [2.24, 2.45) is 5.11 Å². The number of aromatic carboxylic acids is 1. The van der Waals surface area contributed by atoms with Crippen LogP contribution < -0.4 is 0 Å². The lowest BCUT2D eigenvalue weighted by Crippen LogP contribution is -2.01. The van der Waals surface area contributed by atoms with Gasteiger partial charge in [0, 0.05) is 10.6 Å². The molecule has 0 amide bonds. The molecule has 0 saturated carbocycles. The molecule has 1 aromatic heterocycles. The van der Waals surface area contributed by atoms with Crippen molar-refractivity contribution in [3.63, 3.8) is 0 Å². The van der Waals surface area contributed by atoms with Crippen molar-refractivity contribution in [1.82, 2.24) is 4.98 Å². The topological polar surface area (TPSA) is 99.0 Å². The Kier molecular flexibility index (Phi) is 2.83. The highest BCUT2D eigenvalue weighted by atomic mass is 16.4. The second-order valence-corrected chi connectivity index (χ2v) is 2.21. The maximum absolute atomic E-state index is 10.5. The Morgan fingerprint density at radius 2 is 2.46 bits per heavy atom. The molecule has 0 bridgehead atoms. The molecule has 1 aromatic rings. The summed E-state index contributed by atoms with van der Waals surface area (Å²) in [6.07, 6.45) is 0. The zero-order valence-corrected chi connectivity index (χ0v) is 6.58. The fourth-order valence-corrected chi connectivity index (χ4v) is 0.791. The first-order valence-corrected chi connectivity index (χ1v) is 3.44. The number of hydrogen-bond acceptors (Lipinski definition) is 3. The van der Waals surface area contributed by atoms with Crippen LogP contribution in [-0.4, -0.2) is 16.1 Å². The van der Waals surface area contributed by atoms with E-state index in [1.165, 1.54) is 6.07 Å². The molecule has 0 fully saturated rings. The number of azide groups is 1. The van der Waals surface area contributed by atoms with Crippen molar-refractivity contribution in [3.05, 3.63) is 40.0 Å². The van der Waals surface area contributed by atoms with E-state index in [0.29, 0.717) is 5.69 Å². The Morgan fingerprint density at radius 1 is 1.69 bits per heavy atom. The van der Waals surface area contributed by atoms with E-state index < -0.39 is 5.97 Å². The van der Waals surface area contributed by atoms with Gasteiger partial charge in [-0.15, -0.1) is 0 Å². The number of pyridine rings is 1. The van der Waals surface area contributed by atoms with Gasteiger partial charge in [-0.3, -0.25) is 0 Å². The zero-order chi connectivity index (χ0) is 9.68. The maximum Gasteiger partial charge on any atom is 0.354 e. The van der Waals surface area contributed by atoms with Gasteiger partial charge in [-0.1, -0.05) is 11.2 Å². The molecule has 0 atom stereocenters. The Balaban J connectivity index is 2.91. The van der Waals surface area contributed by atoms with Crippen molar-refractivity contribution in [3.8, 4) is 0 Å². The molecule has 0 saturated heterocycles. The average molecular weight is 178 g/mol. The largest absolute Gasteiger partial charge is 0.477 e. The first-order valence-electron chi connectivity index (χ1n) is 3.44. The minimum Gasteiger partial charge on any atom is -0.477 e. The van der Waals surface area contributed by atoms with Crippen molar-refractivity contribution in [2.45, 2.75) is 6.54 Å². The number of carboxylic acids is 1. The summed E-state index contributed by atoms with van der Waals surface area (Å²) in [5.74, 6) is -1.09. The molecular weight excluding hydrogens is 172 g/mol. The Labute approximate surface area is 73.5 Å². The molecule has 0 aliphatic rings. The lowest BCUT2D eigenvalue weighted by molar-refractivity contribution is 0.0690. The molecule has 0 aromatic carbocycles. The molecule has 6 heteroatoms. The summed E-state index contributed by atoms with van der Waals surface area (Å²) in [5.41, 5.74) is 8.41. The summed E-state index contributed by atoms with van der Waals surface area (Å²) in [6.45, 7) is 0.0671. The van der Waals surface area contributed by atoms with E-state index in [1.807, 2.05) is 0 Å². The highest BCUT2D eigenvalue weighted by molar-refractivity contribution is 5.85. The lowest BCUT2D eigenvalue weighted by atomic mass is 10.3. The third kappa shape index (κ3) is 2.46. The van der Waals surface area contributed by atoms with E-state index in [-0.39, 0.29) is 12.2 Å². The molecule has 0 aliphatic heterocycles. The van der Waals surface area contributed by atoms with Crippen LogP contribution in [0, 0.1) is 0 Å². The molecule has 1 rings (SSSR count). The number of carbonyl (C=O) groups is 1. The fraction of sp³-hybridized carbons (Fsp3) is 0.143. The summed E-state index contributed by atoms with van der Waals surface area (Å²) in [4.78, 5) is 16.7. The minimum absolute atomic E-state index is 0.0503. The highest BCUT2D eigenvalue weighted by Crippen LogP contribution is 2.00. The molecule has 0 spiro atoms. The summed E-state index contributed by atoms with van der Waals surface area (Å²) in [6, 6.07) is 4.53. The van der Waals surface area contributed by atoms with Crippen LogP contribution in [-0.2, 0) is 6.54 Å². The van der Waals surface area contributed by atoms with Gasteiger partial charge in [0.2, 0.25) is 0 Å². The van der Waals surface area contributed by atoms with Crippen molar-refractivity contribution < 1.29 is 9.90 Å². The van der Waals surface area contributed by atoms with Gasteiger partial charge in [0.05, 0.1) is 6.54 Å². The van der Waals surface area contributed by atoms with Gasteiger partial charge in [-0.05, 0) is 17.7 Å². The minimum atomic E-state index is -1.09. The normalized spacial score (nSPS) is 8.92. The van der Waals surface area contributed by atoms with Crippen LogP contribution in [0.4, 0.5) is 0 Å². The van der Waals surface area contributed by atoms with Gasteiger partial charge in [0.25, 0.3) is 0 Å². The van der Waals surface area contributed by atoms with E-state index in [9.17, 15) is 4.79 Å². The molecule has 0 radical (unpaired) electrons. The third-order valence-electron chi connectivity index (χ3n) is 1.32. The SMILES string of the molecule is [N-]=[N+]=NCc1cccc(C(=O)O)n1. The van der Waals surface area contributed by atoms with E-state index in [4.69, 9.17) is 10.6 Å². The number of nitrogens with zero attached hydrogens (tertiary/aromatic N) is 4. The number of rotatable bonds is 3. The Morgan fingerprint density at radius 3 is 3.08 bits per heavy atom. The molecule has 6 nitrogen and oxygen atoms in total. The molecule has 13 heavy (non-hydrogen) atoms. The summed E-state index contributed by atoms with van der Waals surface area (Å²) < 4.78 is 0. The average Bonchev–Trinajstić information content (AvgIpc) is 2.15. The quantitative estimate of drug-likeness (QED) is 0.432. The summed E-state index contributed by atoms with van der Waals surface area (Å²) >= 11 is 0. The summed E-state index contributed by atoms with van der Waals surface area (Å²) in [5, 5.41) is 11.8. The summed E-state index contributed by atoms with van der Waals surface area (Å²) in [7, 11) is 0. The Bertz CT molecular complexity index is 371. The van der Waals surface area contributed by atoms with E-state index in [2.05, 4.69) is 15.0 Å². The first kappa shape index (κ1) is 9.02. The first-order chi connectivity index (χ1) is 6.24. The van der Waals surface area contributed by atoms with Crippen LogP contribution >= 0.6 is 0 Å². The van der Waals surface area contributed by atoms with Crippen molar-refractivity contribution in [2.75, 3.05) is 0 Å². The molecule has 1 heterocycles.